The quantitative estimate of drug-likeness (QED) is 0.415. The molecule has 0 aromatic heterocycles. The molecule has 142 valence electrons. The number of benzene rings is 1. The molecular weight excluding hydrogens is 316 g/mol. The zero-order chi connectivity index (χ0) is 18.2. The van der Waals surface area contributed by atoms with Gasteiger partial charge in [-0.1, -0.05) is 26.8 Å². The van der Waals surface area contributed by atoms with Crippen LogP contribution in [0.25, 0.3) is 0 Å². The lowest BCUT2D eigenvalue weighted by Crippen LogP contribution is -2.18. The van der Waals surface area contributed by atoms with Crippen LogP contribution in [0.4, 0.5) is 0 Å². The van der Waals surface area contributed by atoms with Crippen LogP contribution in [0.2, 0.25) is 0 Å². The second kappa shape index (κ2) is 10.0. The number of methoxy groups -OCH3 is 2. The molecule has 4 heteroatoms. The molecule has 0 N–H and O–H groups in total. The normalized spacial score (nSPS) is 18.9. The van der Waals surface area contributed by atoms with Gasteiger partial charge in [0.15, 0.2) is 11.5 Å². The molecule has 0 amide bonds. The molecule has 1 aromatic carbocycles. The third kappa shape index (κ3) is 6.52. The van der Waals surface area contributed by atoms with E-state index in [0.717, 1.165) is 30.9 Å². The predicted octanol–water partition coefficient (Wildman–Crippen LogP) is 4.35. The highest BCUT2D eigenvalue weighted by atomic mass is 16.6. The van der Waals surface area contributed by atoms with E-state index in [4.69, 9.17) is 18.9 Å². The van der Waals surface area contributed by atoms with E-state index in [2.05, 4.69) is 32.9 Å². The van der Waals surface area contributed by atoms with Gasteiger partial charge in [-0.2, -0.15) is 0 Å². The first-order valence-corrected chi connectivity index (χ1v) is 9.45. The Bertz CT molecular complexity index is 511. The highest BCUT2D eigenvalue weighted by Gasteiger charge is 2.31. The fourth-order valence-electron chi connectivity index (χ4n) is 3.25. The summed E-state index contributed by atoms with van der Waals surface area (Å²) < 4.78 is 21.9. The number of rotatable bonds is 12. The van der Waals surface area contributed by atoms with Crippen LogP contribution >= 0.6 is 0 Å². The maximum atomic E-state index is 5.92. The molecule has 1 heterocycles. The average Bonchev–Trinajstić information content (AvgIpc) is 3.43. The van der Waals surface area contributed by atoms with E-state index in [0.29, 0.717) is 37.1 Å². The van der Waals surface area contributed by atoms with Crippen LogP contribution < -0.4 is 9.47 Å². The predicted molar refractivity (Wildman–Crippen MR) is 101 cm³/mol. The van der Waals surface area contributed by atoms with Gasteiger partial charge in [-0.15, -0.1) is 0 Å². The van der Waals surface area contributed by atoms with Crippen molar-refractivity contribution in [2.75, 3.05) is 34.0 Å². The molecule has 1 aliphatic rings. The van der Waals surface area contributed by atoms with Crippen molar-refractivity contribution in [2.45, 2.75) is 46.1 Å². The Morgan fingerprint density at radius 1 is 1.12 bits per heavy atom. The lowest BCUT2D eigenvalue weighted by Gasteiger charge is -2.24. The molecule has 0 spiro atoms. The summed E-state index contributed by atoms with van der Waals surface area (Å²) in [6.45, 7) is 9.23. The minimum atomic E-state index is 0.483. The van der Waals surface area contributed by atoms with Crippen LogP contribution in [0, 0.1) is 17.8 Å². The molecule has 0 bridgehead atoms. The molecule has 0 radical (unpaired) electrons. The number of hydrogen-bond acceptors (Lipinski definition) is 4. The second-order valence-corrected chi connectivity index (χ2v) is 7.47. The Kier molecular flexibility index (Phi) is 8.04. The molecule has 1 aromatic rings. The largest absolute Gasteiger partial charge is 0.493 e. The van der Waals surface area contributed by atoms with Crippen LogP contribution in [0.15, 0.2) is 18.2 Å². The standard InChI is InChI=1S/C21H34O4/c1-15(2)18(11-16(3)21-14-25-21)12-17-7-8-19(23-5)20(13-17)24-10-6-9-22-4/h7-8,13,15-16,18,21H,6,9-12,14H2,1-5H3. The third-order valence-electron chi connectivity index (χ3n) is 5.09. The molecule has 3 atom stereocenters. The molecule has 4 nitrogen and oxygen atoms in total. The second-order valence-electron chi connectivity index (χ2n) is 7.47. The topological polar surface area (TPSA) is 40.2 Å². The van der Waals surface area contributed by atoms with E-state index in [-0.39, 0.29) is 0 Å². The van der Waals surface area contributed by atoms with E-state index in [9.17, 15) is 0 Å². The summed E-state index contributed by atoms with van der Waals surface area (Å²) >= 11 is 0. The summed E-state index contributed by atoms with van der Waals surface area (Å²) in [5.74, 6) is 3.55. The van der Waals surface area contributed by atoms with Crippen molar-refractivity contribution in [3.05, 3.63) is 23.8 Å². The monoisotopic (exact) mass is 350 g/mol. The van der Waals surface area contributed by atoms with E-state index < -0.39 is 0 Å². The molecule has 0 saturated carbocycles. The first kappa shape index (κ1) is 20.1. The Balaban J connectivity index is 2.00. The molecule has 3 unspecified atom stereocenters. The lowest BCUT2D eigenvalue weighted by molar-refractivity contribution is 0.170. The Labute approximate surface area is 152 Å². The van der Waals surface area contributed by atoms with Gasteiger partial charge in [0.05, 0.1) is 26.4 Å². The minimum Gasteiger partial charge on any atom is -0.493 e. The van der Waals surface area contributed by atoms with Crippen molar-refractivity contribution in [2.24, 2.45) is 17.8 Å². The summed E-state index contributed by atoms with van der Waals surface area (Å²) in [5.41, 5.74) is 1.31. The Morgan fingerprint density at radius 3 is 2.48 bits per heavy atom. The van der Waals surface area contributed by atoms with Crippen LogP contribution in [0.3, 0.4) is 0 Å². The minimum absolute atomic E-state index is 0.483. The molecule has 25 heavy (non-hydrogen) atoms. The SMILES string of the molecule is COCCCOc1cc(CC(CC(C)C2CO2)C(C)C)ccc1OC. The van der Waals surface area contributed by atoms with E-state index in [1.54, 1.807) is 14.2 Å². The Hall–Kier alpha value is -1.26. The molecular formula is C21H34O4. The maximum Gasteiger partial charge on any atom is 0.161 e. The number of ether oxygens (including phenoxy) is 4. The van der Waals surface area contributed by atoms with E-state index >= 15 is 0 Å². The van der Waals surface area contributed by atoms with E-state index in [1.165, 1.54) is 12.0 Å². The summed E-state index contributed by atoms with van der Waals surface area (Å²) in [4.78, 5) is 0. The van der Waals surface area contributed by atoms with Crippen molar-refractivity contribution in [3.8, 4) is 11.5 Å². The zero-order valence-electron chi connectivity index (χ0n) is 16.4. The van der Waals surface area contributed by atoms with Crippen LogP contribution in [-0.2, 0) is 15.9 Å². The lowest BCUT2D eigenvalue weighted by atomic mass is 9.81. The smallest absolute Gasteiger partial charge is 0.161 e. The van der Waals surface area contributed by atoms with Gasteiger partial charge in [0, 0.05) is 20.1 Å². The molecule has 2 rings (SSSR count). The maximum absolute atomic E-state index is 5.92. The van der Waals surface area contributed by atoms with Crippen molar-refractivity contribution in [1.29, 1.82) is 0 Å². The summed E-state index contributed by atoms with van der Waals surface area (Å²) in [6.07, 6.45) is 3.62. The third-order valence-corrected chi connectivity index (χ3v) is 5.09. The zero-order valence-corrected chi connectivity index (χ0v) is 16.4. The highest BCUT2D eigenvalue weighted by molar-refractivity contribution is 5.43. The van der Waals surface area contributed by atoms with Crippen molar-refractivity contribution in [3.63, 3.8) is 0 Å². The van der Waals surface area contributed by atoms with Gasteiger partial charge in [0.2, 0.25) is 0 Å². The summed E-state index contributed by atoms with van der Waals surface area (Å²) in [5, 5.41) is 0. The fourth-order valence-corrected chi connectivity index (χ4v) is 3.25. The number of epoxide rings is 1. The number of hydrogen-bond donors (Lipinski definition) is 0. The van der Waals surface area contributed by atoms with Gasteiger partial charge in [0.1, 0.15) is 0 Å². The van der Waals surface area contributed by atoms with Gasteiger partial charge in [0.25, 0.3) is 0 Å². The van der Waals surface area contributed by atoms with Gasteiger partial charge in [-0.25, -0.2) is 0 Å². The van der Waals surface area contributed by atoms with Gasteiger partial charge < -0.3 is 18.9 Å². The van der Waals surface area contributed by atoms with Crippen LogP contribution in [0.5, 0.6) is 11.5 Å². The van der Waals surface area contributed by atoms with Gasteiger partial charge in [-0.3, -0.25) is 0 Å². The highest BCUT2D eigenvalue weighted by Crippen LogP contribution is 2.33. The molecule has 1 fully saturated rings. The Morgan fingerprint density at radius 2 is 1.88 bits per heavy atom. The summed E-state index contributed by atoms with van der Waals surface area (Å²) in [7, 11) is 3.40. The molecule has 0 aliphatic carbocycles. The first-order valence-electron chi connectivity index (χ1n) is 9.45. The van der Waals surface area contributed by atoms with Crippen LogP contribution in [0.1, 0.15) is 39.2 Å². The molecule has 1 saturated heterocycles. The average molecular weight is 350 g/mol. The fraction of sp³-hybridized carbons (Fsp3) is 0.714. The van der Waals surface area contributed by atoms with Crippen molar-refractivity contribution < 1.29 is 18.9 Å². The first-order chi connectivity index (χ1) is 12.0. The van der Waals surface area contributed by atoms with Crippen molar-refractivity contribution >= 4 is 0 Å². The van der Waals surface area contributed by atoms with Crippen LogP contribution in [-0.4, -0.2) is 40.1 Å². The van der Waals surface area contributed by atoms with Gasteiger partial charge in [-0.05, 0) is 48.3 Å². The molecule has 1 aliphatic heterocycles. The van der Waals surface area contributed by atoms with Crippen molar-refractivity contribution in [1.82, 2.24) is 0 Å². The van der Waals surface area contributed by atoms with Gasteiger partial charge >= 0.3 is 0 Å². The summed E-state index contributed by atoms with van der Waals surface area (Å²) in [6, 6.07) is 6.32. The van der Waals surface area contributed by atoms with E-state index in [1.807, 2.05) is 6.07 Å².